The number of carbonyl (C=O) groups excluding carboxylic acids is 1. The van der Waals surface area contributed by atoms with Gasteiger partial charge in [-0.15, -0.1) is 0 Å². The fourth-order valence-electron chi connectivity index (χ4n) is 3.31. The maximum atomic E-state index is 12.9. The first-order valence-electron chi connectivity index (χ1n) is 9.75. The molecule has 2 aromatic carbocycles. The molecule has 2 N–H and O–H groups in total. The van der Waals surface area contributed by atoms with E-state index in [0.717, 1.165) is 30.2 Å². The highest BCUT2D eigenvalue weighted by Crippen LogP contribution is 2.27. The molecule has 1 amide bonds. The quantitative estimate of drug-likeness (QED) is 0.673. The van der Waals surface area contributed by atoms with Crippen molar-refractivity contribution < 1.29 is 9.53 Å². The van der Waals surface area contributed by atoms with Crippen LogP contribution >= 0.6 is 0 Å². The number of aromatic nitrogens is 1. The number of hydrogen-bond donors (Lipinski definition) is 2. The fraction of sp³-hybridized carbons (Fsp3) is 0.217. The minimum atomic E-state index is -0.179. The summed E-state index contributed by atoms with van der Waals surface area (Å²) in [4.78, 5) is 19.3. The molecule has 29 heavy (non-hydrogen) atoms. The van der Waals surface area contributed by atoms with Crippen LogP contribution in [0.3, 0.4) is 0 Å². The van der Waals surface area contributed by atoms with Crippen molar-refractivity contribution in [1.82, 2.24) is 4.98 Å². The molecule has 1 aromatic heterocycles. The fourth-order valence-corrected chi connectivity index (χ4v) is 3.31. The van der Waals surface area contributed by atoms with E-state index in [1.54, 1.807) is 12.4 Å². The minimum absolute atomic E-state index is 0.179. The smallest absolute Gasteiger partial charge is 0.257 e. The van der Waals surface area contributed by atoms with Crippen molar-refractivity contribution in [3.8, 4) is 0 Å². The third-order valence-corrected chi connectivity index (χ3v) is 4.84. The number of nitrogens with one attached hydrogen (secondary N) is 2. The van der Waals surface area contributed by atoms with E-state index in [1.807, 2.05) is 48.5 Å². The van der Waals surface area contributed by atoms with Crippen molar-refractivity contribution >= 4 is 23.0 Å². The highest BCUT2D eigenvalue weighted by atomic mass is 16.5. The van der Waals surface area contributed by atoms with Crippen LogP contribution in [0.15, 0.2) is 73.1 Å². The monoisotopic (exact) mass is 388 g/mol. The molecule has 6 heteroatoms. The third kappa shape index (κ3) is 4.92. The van der Waals surface area contributed by atoms with Crippen molar-refractivity contribution in [3.63, 3.8) is 0 Å². The van der Waals surface area contributed by atoms with Gasteiger partial charge in [0.2, 0.25) is 0 Å². The number of hydrogen-bond acceptors (Lipinski definition) is 5. The summed E-state index contributed by atoms with van der Waals surface area (Å²) < 4.78 is 5.44. The topological polar surface area (TPSA) is 66.5 Å². The van der Waals surface area contributed by atoms with E-state index in [0.29, 0.717) is 25.3 Å². The summed E-state index contributed by atoms with van der Waals surface area (Å²) in [6.45, 7) is 3.69. The Balaban J connectivity index is 1.45. The molecule has 6 nitrogen and oxygen atoms in total. The van der Waals surface area contributed by atoms with Gasteiger partial charge in [-0.1, -0.05) is 42.5 Å². The SMILES string of the molecule is O=C(Nc1ccccc1N1CCOCC1)c1cncc(NCc2ccccc2)c1. The lowest BCUT2D eigenvalue weighted by molar-refractivity contribution is 0.102. The van der Waals surface area contributed by atoms with Crippen LogP contribution in [0, 0.1) is 0 Å². The highest BCUT2D eigenvalue weighted by Gasteiger charge is 2.16. The third-order valence-electron chi connectivity index (χ3n) is 4.84. The van der Waals surface area contributed by atoms with Crippen LogP contribution < -0.4 is 15.5 Å². The Labute approximate surface area is 170 Å². The van der Waals surface area contributed by atoms with Crippen LogP contribution in [0.4, 0.5) is 17.1 Å². The van der Waals surface area contributed by atoms with Crippen molar-refractivity contribution in [3.05, 3.63) is 84.2 Å². The zero-order valence-corrected chi connectivity index (χ0v) is 16.2. The number of anilines is 3. The van der Waals surface area contributed by atoms with Crippen LogP contribution in [0.1, 0.15) is 15.9 Å². The highest BCUT2D eigenvalue weighted by molar-refractivity contribution is 6.06. The summed E-state index contributed by atoms with van der Waals surface area (Å²) >= 11 is 0. The molecular weight excluding hydrogens is 364 g/mol. The Morgan fingerprint density at radius 1 is 1.00 bits per heavy atom. The number of morpholine rings is 1. The first kappa shape index (κ1) is 19.0. The minimum Gasteiger partial charge on any atom is -0.380 e. The lowest BCUT2D eigenvalue weighted by Crippen LogP contribution is -2.36. The van der Waals surface area contributed by atoms with Crippen LogP contribution in [0.2, 0.25) is 0 Å². The second-order valence-electron chi connectivity index (χ2n) is 6.87. The zero-order chi connectivity index (χ0) is 19.9. The molecule has 1 aliphatic heterocycles. The van der Waals surface area contributed by atoms with Crippen molar-refractivity contribution in [1.29, 1.82) is 0 Å². The van der Waals surface area contributed by atoms with E-state index in [-0.39, 0.29) is 5.91 Å². The molecular formula is C23H24N4O2. The predicted molar refractivity (Wildman–Crippen MR) is 115 cm³/mol. The Morgan fingerprint density at radius 3 is 2.59 bits per heavy atom. The second-order valence-corrected chi connectivity index (χ2v) is 6.87. The van der Waals surface area contributed by atoms with E-state index in [2.05, 4.69) is 32.7 Å². The van der Waals surface area contributed by atoms with Gasteiger partial charge in [0.25, 0.3) is 5.91 Å². The van der Waals surface area contributed by atoms with Crippen LogP contribution in [0.25, 0.3) is 0 Å². The molecule has 4 rings (SSSR count). The Kier molecular flexibility index (Phi) is 6.02. The normalized spacial score (nSPS) is 13.7. The van der Waals surface area contributed by atoms with Crippen LogP contribution in [0.5, 0.6) is 0 Å². The summed E-state index contributed by atoms with van der Waals surface area (Å²) in [7, 11) is 0. The van der Waals surface area contributed by atoms with Crippen LogP contribution in [-0.4, -0.2) is 37.2 Å². The second kappa shape index (κ2) is 9.21. The standard InChI is InChI=1S/C23H24N4O2/c28-23(26-21-8-4-5-9-22(21)27-10-12-29-13-11-27)19-14-20(17-24-16-19)25-15-18-6-2-1-3-7-18/h1-9,14,16-17,25H,10-13,15H2,(H,26,28). The molecule has 0 radical (unpaired) electrons. The molecule has 0 atom stereocenters. The number of ether oxygens (including phenoxy) is 1. The van der Waals surface area contributed by atoms with Gasteiger partial charge in [0.05, 0.1) is 35.8 Å². The van der Waals surface area contributed by atoms with Crippen molar-refractivity contribution in [2.45, 2.75) is 6.54 Å². The molecule has 1 fully saturated rings. The molecule has 0 unspecified atom stereocenters. The summed E-state index contributed by atoms with van der Waals surface area (Å²) in [6, 6.07) is 19.8. The molecule has 3 aromatic rings. The lowest BCUT2D eigenvalue weighted by Gasteiger charge is -2.30. The zero-order valence-electron chi connectivity index (χ0n) is 16.2. The first-order chi connectivity index (χ1) is 14.3. The van der Waals surface area contributed by atoms with Crippen molar-refractivity contribution in [2.24, 2.45) is 0 Å². The summed E-state index contributed by atoms with van der Waals surface area (Å²) in [5.41, 5.74) is 4.29. The van der Waals surface area contributed by atoms with E-state index in [4.69, 9.17) is 4.74 Å². The first-order valence-corrected chi connectivity index (χ1v) is 9.75. The van der Waals surface area contributed by atoms with E-state index >= 15 is 0 Å². The molecule has 0 saturated carbocycles. The van der Waals surface area contributed by atoms with Crippen LogP contribution in [-0.2, 0) is 11.3 Å². The number of carbonyl (C=O) groups is 1. The average molecular weight is 388 g/mol. The van der Waals surface area contributed by atoms with Gasteiger partial charge in [0.15, 0.2) is 0 Å². The number of para-hydroxylation sites is 2. The predicted octanol–water partition coefficient (Wildman–Crippen LogP) is 3.78. The van der Waals surface area contributed by atoms with Gasteiger partial charge in [-0.2, -0.15) is 0 Å². The number of pyridine rings is 1. The number of rotatable bonds is 6. The number of benzene rings is 2. The lowest BCUT2D eigenvalue weighted by atomic mass is 10.2. The van der Waals surface area contributed by atoms with Gasteiger partial charge in [-0.25, -0.2) is 0 Å². The molecule has 1 aliphatic rings. The maximum absolute atomic E-state index is 12.9. The van der Waals surface area contributed by atoms with E-state index in [9.17, 15) is 4.79 Å². The van der Waals surface area contributed by atoms with Gasteiger partial charge in [0.1, 0.15) is 0 Å². The average Bonchev–Trinajstić information content (AvgIpc) is 2.79. The van der Waals surface area contributed by atoms with Gasteiger partial charge in [-0.3, -0.25) is 9.78 Å². The Morgan fingerprint density at radius 2 is 1.76 bits per heavy atom. The summed E-state index contributed by atoms with van der Waals surface area (Å²) in [5, 5.41) is 6.35. The van der Waals surface area contributed by atoms with E-state index < -0.39 is 0 Å². The Bertz CT molecular complexity index is 956. The summed E-state index contributed by atoms with van der Waals surface area (Å²) in [6.07, 6.45) is 3.31. The van der Waals surface area contributed by atoms with Gasteiger partial charge < -0.3 is 20.3 Å². The molecule has 1 saturated heterocycles. The van der Waals surface area contributed by atoms with Gasteiger partial charge >= 0.3 is 0 Å². The largest absolute Gasteiger partial charge is 0.380 e. The summed E-state index contributed by atoms with van der Waals surface area (Å²) in [5.74, 6) is -0.179. The number of amides is 1. The molecule has 0 aliphatic carbocycles. The molecule has 0 spiro atoms. The van der Waals surface area contributed by atoms with Crippen molar-refractivity contribution in [2.75, 3.05) is 41.8 Å². The Hall–Kier alpha value is -3.38. The number of nitrogens with zero attached hydrogens (tertiary/aromatic N) is 2. The van der Waals surface area contributed by atoms with Gasteiger partial charge in [-0.05, 0) is 23.8 Å². The molecule has 2 heterocycles. The molecule has 0 bridgehead atoms. The van der Waals surface area contributed by atoms with E-state index in [1.165, 1.54) is 5.56 Å². The maximum Gasteiger partial charge on any atom is 0.257 e. The van der Waals surface area contributed by atoms with Gasteiger partial charge in [0, 0.05) is 32.0 Å². The molecule has 148 valence electrons.